The van der Waals surface area contributed by atoms with E-state index in [1.807, 2.05) is 30.5 Å². The number of thioether (sulfide) groups is 1. The summed E-state index contributed by atoms with van der Waals surface area (Å²) in [4.78, 5) is 31.6. The van der Waals surface area contributed by atoms with Crippen molar-refractivity contribution in [2.24, 2.45) is 0 Å². The molecule has 0 atom stereocenters. The Bertz CT molecular complexity index is 1270. The third-order valence-electron chi connectivity index (χ3n) is 4.35. The number of hydrogen-bond donors (Lipinski definition) is 2. The van der Waals surface area contributed by atoms with Gasteiger partial charge >= 0.3 is 5.97 Å². The number of carboxylic acid groups (broad SMARTS) is 1. The predicted octanol–water partition coefficient (Wildman–Crippen LogP) is 4.55. The highest BCUT2D eigenvalue weighted by Crippen LogP contribution is 2.34. The molecule has 29 heavy (non-hydrogen) atoms. The first-order valence-corrected chi connectivity index (χ1v) is 10.4. The van der Waals surface area contributed by atoms with Crippen molar-refractivity contribution >= 4 is 39.3 Å². The fourth-order valence-electron chi connectivity index (χ4n) is 2.97. The van der Waals surface area contributed by atoms with Crippen LogP contribution in [0.1, 0.15) is 21.9 Å². The first-order valence-electron chi connectivity index (χ1n) is 8.57. The van der Waals surface area contributed by atoms with Gasteiger partial charge in [-0.05, 0) is 42.3 Å². The molecule has 0 unspecified atom stereocenters. The van der Waals surface area contributed by atoms with Gasteiger partial charge in [-0.1, -0.05) is 17.8 Å². The number of aryl methyl sites for hydroxylation is 1. The van der Waals surface area contributed by atoms with Gasteiger partial charge in [0.15, 0.2) is 5.16 Å². The lowest BCUT2D eigenvalue weighted by molar-refractivity contribution is 0.0661. The molecule has 9 heteroatoms. The Labute approximate surface area is 173 Å². The second-order valence-electron chi connectivity index (χ2n) is 6.24. The van der Waals surface area contributed by atoms with E-state index in [0.29, 0.717) is 26.9 Å². The van der Waals surface area contributed by atoms with E-state index in [4.69, 9.17) is 14.3 Å². The lowest BCUT2D eigenvalue weighted by atomic mass is 10.0. The van der Waals surface area contributed by atoms with Crippen molar-refractivity contribution in [1.29, 1.82) is 0 Å². The van der Waals surface area contributed by atoms with E-state index in [-0.39, 0.29) is 11.3 Å². The summed E-state index contributed by atoms with van der Waals surface area (Å²) in [7, 11) is 1.63. The second kappa shape index (κ2) is 7.76. The number of H-pyrrole nitrogens is 1. The molecule has 0 spiro atoms. The van der Waals surface area contributed by atoms with Crippen LogP contribution in [0.3, 0.4) is 0 Å². The summed E-state index contributed by atoms with van der Waals surface area (Å²) in [5, 5.41) is 11.8. The van der Waals surface area contributed by atoms with Crippen LogP contribution < -0.4 is 10.3 Å². The molecule has 0 fully saturated rings. The van der Waals surface area contributed by atoms with E-state index in [1.165, 1.54) is 29.2 Å². The predicted molar refractivity (Wildman–Crippen MR) is 112 cm³/mol. The number of benzene rings is 1. The van der Waals surface area contributed by atoms with Crippen molar-refractivity contribution in [3.05, 3.63) is 63.1 Å². The molecular weight excluding hydrogens is 412 g/mol. The zero-order valence-corrected chi connectivity index (χ0v) is 17.1. The van der Waals surface area contributed by atoms with Crippen LogP contribution >= 0.6 is 23.1 Å². The number of furan rings is 1. The summed E-state index contributed by atoms with van der Waals surface area (Å²) >= 11 is 2.68. The smallest absolute Gasteiger partial charge is 0.371 e. The minimum Gasteiger partial charge on any atom is -0.496 e. The Kier molecular flexibility index (Phi) is 5.16. The molecule has 7 nitrogen and oxygen atoms in total. The van der Waals surface area contributed by atoms with Gasteiger partial charge in [-0.2, -0.15) is 0 Å². The average molecular weight is 428 g/mol. The van der Waals surface area contributed by atoms with Gasteiger partial charge in [-0.3, -0.25) is 4.79 Å². The van der Waals surface area contributed by atoms with Crippen molar-refractivity contribution in [2.75, 3.05) is 7.11 Å². The minimum atomic E-state index is -1.12. The van der Waals surface area contributed by atoms with Crippen molar-refractivity contribution in [2.45, 2.75) is 17.8 Å². The van der Waals surface area contributed by atoms with Crippen LogP contribution in [0.4, 0.5) is 0 Å². The maximum absolute atomic E-state index is 12.7. The van der Waals surface area contributed by atoms with Gasteiger partial charge in [0.25, 0.3) is 5.56 Å². The number of hydrogen-bond acceptors (Lipinski definition) is 7. The number of nitrogens with one attached hydrogen (secondary N) is 1. The molecule has 0 aliphatic heterocycles. The number of aromatic carboxylic acids is 1. The lowest BCUT2D eigenvalue weighted by Gasteiger charge is -2.07. The van der Waals surface area contributed by atoms with Crippen LogP contribution in [0.2, 0.25) is 0 Å². The number of rotatable bonds is 6. The summed E-state index contributed by atoms with van der Waals surface area (Å²) in [5.41, 5.74) is 2.53. The van der Waals surface area contributed by atoms with Crippen LogP contribution in [-0.4, -0.2) is 28.2 Å². The standard InChI is InChI=1S/C20H16N2O5S2/c1-10-7-11(3-5-14(10)26-2)13-9-28-18-16(13)17(23)21-20(22-18)29-8-12-4-6-15(27-12)19(24)25/h3-7,9H,8H2,1-2H3,(H,24,25)(H,21,22,23). The first kappa shape index (κ1) is 19.3. The van der Waals surface area contributed by atoms with Crippen LogP contribution in [0.5, 0.6) is 5.75 Å². The number of carbonyl (C=O) groups is 1. The molecule has 0 aliphatic carbocycles. The maximum atomic E-state index is 12.7. The van der Waals surface area contributed by atoms with E-state index in [2.05, 4.69) is 9.97 Å². The topological polar surface area (TPSA) is 105 Å². The molecule has 0 saturated carbocycles. The normalized spacial score (nSPS) is 11.1. The number of nitrogens with zero attached hydrogens (tertiary/aromatic N) is 1. The van der Waals surface area contributed by atoms with Crippen molar-refractivity contribution in [1.82, 2.24) is 9.97 Å². The number of carboxylic acids is 1. The molecule has 3 aromatic heterocycles. The number of fused-ring (bicyclic) bond motifs is 1. The first-order chi connectivity index (χ1) is 14.0. The molecule has 0 bridgehead atoms. The Morgan fingerprint density at radius 1 is 1.34 bits per heavy atom. The third kappa shape index (κ3) is 3.79. The quantitative estimate of drug-likeness (QED) is 0.343. The van der Waals surface area contributed by atoms with Crippen LogP contribution in [-0.2, 0) is 5.75 Å². The highest BCUT2D eigenvalue weighted by atomic mass is 32.2. The van der Waals surface area contributed by atoms with Gasteiger partial charge in [0.1, 0.15) is 16.3 Å². The molecule has 0 amide bonds. The van der Waals surface area contributed by atoms with Crippen molar-refractivity contribution in [3.8, 4) is 16.9 Å². The van der Waals surface area contributed by atoms with E-state index >= 15 is 0 Å². The Morgan fingerprint density at radius 2 is 2.17 bits per heavy atom. The highest BCUT2D eigenvalue weighted by molar-refractivity contribution is 7.98. The molecule has 3 heterocycles. The number of methoxy groups -OCH3 is 1. The number of ether oxygens (including phenoxy) is 1. The molecule has 4 rings (SSSR count). The number of thiophene rings is 1. The van der Waals surface area contributed by atoms with Gasteiger partial charge in [-0.15, -0.1) is 11.3 Å². The summed E-state index contributed by atoms with van der Waals surface area (Å²) in [6.45, 7) is 1.96. The largest absolute Gasteiger partial charge is 0.496 e. The SMILES string of the molecule is COc1ccc(-c2csc3nc(SCc4ccc(C(=O)O)o4)[nH]c(=O)c23)cc1C. The maximum Gasteiger partial charge on any atom is 0.371 e. The van der Waals surface area contributed by atoms with Gasteiger partial charge in [0.05, 0.1) is 18.2 Å². The Hall–Kier alpha value is -3.04. The fraction of sp³-hybridized carbons (Fsp3) is 0.150. The molecule has 0 aliphatic rings. The second-order valence-corrected chi connectivity index (χ2v) is 8.07. The Morgan fingerprint density at radius 3 is 2.86 bits per heavy atom. The molecule has 0 saturated heterocycles. The fourth-order valence-corrected chi connectivity index (χ4v) is 4.73. The van der Waals surface area contributed by atoms with Crippen LogP contribution in [0, 0.1) is 6.92 Å². The molecular formula is C20H16N2O5S2. The van der Waals surface area contributed by atoms with Gasteiger partial charge in [0, 0.05) is 10.9 Å². The van der Waals surface area contributed by atoms with Gasteiger partial charge in [0.2, 0.25) is 5.76 Å². The average Bonchev–Trinajstić information content (AvgIpc) is 3.34. The zero-order valence-electron chi connectivity index (χ0n) is 15.5. The van der Waals surface area contributed by atoms with E-state index in [1.54, 1.807) is 13.2 Å². The molecule has 1 aromatic carbocycles. The third-order valence-corrected chi connectivity index (χ3v) is 6.12. The molecule has 2 N–H and O–H groups in total. The Balaban J connectivity index is 1.62. The van der Waals surface area contributed by atoms with Crippen molar-refractivity contribution < 1.29 is 19.1 Å². The van der Waals surface area contributed by atoms with Gasteiger partial charge < -0.3 is 19.2 Å². The zero-order chi connectivity index (χ0) is 20.5. The van der Waals surface area contributed by atoms with E-state index in [9.17, 15) is 9.59 Å². The highest BCUT2D eigenvalue weighted by Gasteiger charge is 2.15. The summed E-state index contributed by atoms with van der Waals surface area (Å²) in [6.07, 6.45) is 0. The van der Waals surface area contributed by atoms with Crippen molar-refractivity contribution in [3.63, 3.8) is 0 Å². The van der Waals surface area contributed by atoms with Crippen LogP contribution in [0.25, 0.3) is 21.3 Å². The number of aromatic nitrogens is 2. The lowest BCUT2D eigenvalue weighted by Crippen LogP contribution is -2.08. The summed E-state index contributed by atoms with van der Waals surface area (Å²) < 4.78 is 10.5. The monoisotopic (exact) mass is 428 g/mol. The minimum absolute atomic E-state index is 0.116. The summed E-state index contributed by atoms with van der Waals surface area (Å²) in [6, 6.07) is 8.79. The summed E-state index contributed by atoms with van der Waals surface area (Å²) in [5.74, 6) is 0.417. The van der Waals surface area contributed by atoms with Crippen LogP contribution in [0.15, 0.2) is 50.1 Å². The van der Waals surface area contributed by atoms with E-state index < -0.39 is 5.97 Å². The number of aromatic amines is 1. The molecule has 0 radical (unpaired) electrons. The van der Waals surface area contributed by atoms with E-state index in [0.717, 1.165) is 22.4 Å². The molecule has 148 valence electrons. The molecule has 4 aromatic rings. The van der Waals surface area contributed by atoms with Gasteiger partial charge in [-0.25, -0.2) is 9.78 Å².